The van der Waals surface area contributed by atoms with Crippen molar-refractivity contribution in [2.75, 3.05) is 10.6 Å². The van der Waals surface area contributed by atoms with E-state index in [4.69, 9.17) is 0 Å². The molecule has 0 aliphatic carbocycles. The standard InChI is InChI=1S/C31H28N4O3S/c1-21-14-16-23(17-15-21)19-27(34-30(37)24-9-4-3-5-10-24)31(38)33-25-11-8-12-26(20-25)39-22(2)29(36)35-28-13-6-7-18-32-28/h3-20,22H,1-2H3,(H,33,38)(H,34,37)(H,32,35,36)/b27-19-. The van der Waals surface area contributed by atoms with Crippen LogP contribution in [0.2, 0.25) is 0 Å². The monoisotopic (exact) mass is 536 g/mol. The van der Waals surface area contributed by atoms with E-state index in [1.165, 1.54) is 11.8 Å². The van der Waals surface area contributed by atoms with Crippen LogP contribution >= 0.6 is 11.8 Å². The van der Waals surface area contributed by atoms with Crippen LogP contribution in [0.5, 0.6) is 0 Å². The van der Waals surface area contributed by atoms with Crippen molar-refractivity contribution in [2.24, 2.45) is 0 Å². The molecule has 196 valence electrons. The molecule has 3 amide bonds. The molecule has 0 radical (unpaired) electrons. The molecular weight excluding hydrogens is 508 g/mol. The summed E-state index contributed by atoms with van der Waals surface area (Å²) in [4.78, 5) is 43.7. The molecule has 1 unspecified atom stereocenters. The van der Waals surface area contributed by atoms with Crippen LogP contribution in [0.3, 0.4) is 0 Å². The molecule has 39 heavy (non-hydrogen) atoms. The molecule has 0 aliphatic heterocycles. The van der Waals surface area contributed by atoms with Gasteiger partial charge in [-0.25, -0.2) is 4.98 Å². The Morgan fingerprint density at radius 1 is 0.846 bits per heavy atom. The number of amides is 3. The Kier molecular flexibility index (Phi) is 9.26. The van der Waals surface area contributed by atoms with Crippen LogP contribution in [0.15, 0.2) is 114 Å². The normalized spacial score (nSPS) is 11.8. The van der Waals surface area contributed by atoms with Crippen molar-refractivity contribution in [3.63, 3.8) is 0 Å². The SMILES string of the molecule is Cc1ccc(/C=C(\NC(=O)c2ccccc2)C(=O)Nc2cccc(SC(C)C(=O)Nc3ccccn3)c2)cc1. The minimum atomic E-state index is -0.469. The van der Waals surface area contributed by atoms with E-state index < -0.39 is 11.2 Å². The molecular formula is C31H28N4O3S. The first-order valence-electron chi connectivity index (χ1n) is 12.3. The molecule has 1 heterocycles. The summed E-state index contributed by atoms with van der Waals surface area (Å²) in [5.41, 5.74) is 2.94. The van der Waals surface area contributed by atoms with Crippen LogP contribution in [0.4, 0.5) is 11.5 Å². The minimum Gasteiger partial charge on any atom is -0.321 e. The average molecular weight is 537 g/mol. The number of rotatable bonds is 9. The highest BCUT2D eigenvalue weighted by Crippen LogP contribution is 2.27. The van der Waals surface area contributed by atoms with E-state index in [1.54, 1.807) is 79.9 Å². The quantitative estimate of drug-likeness (QED) is 0.182. The molecule has 1 atom stereocenters. The van der Waals surface area contributed by atoms with Gasteiger partial charge in [0.2, 0.25) is 5.91 Å². The summed E-state index contributed by atoms with van der Waals surface area (Å²) in [6, 6.07) is 28.9. The Hall–Kier alpha value is -4.69. The van der Waals surface area contributed by atoms with Crippen molar-refractivity contribution in [1.29, 1.82) is 0 Å². The summed E-state index contributed by atoms with van der Waals surface area (Å²) in [5, 5.41) is 8.01. The molecule has 4 rings (SSSR count). The number of nitrogens with zero attached hydrogens (tertiary/aromatic N) is 1. The van der Waals surface area contributed by atoms with Crippen molar-refractivity contribution in [3.05, 3.63) is 126 Å². The Balaban J connectivity index is 1.48. The lowest BCUT2D eigenvalue weighted by atomic mass is 10.1. The van der Waals surface area contributed by atoms with Gasteiger partial charge in [0.1, 0.15) is 11.5 Å². The number of aryl methyl sites for hydroxylation is 1. The third-order valence-corrected chi connectivity index (χ3v) is 6.70. The highest BCUT2D eigenvalue weighted by Gasteiger charge is 2.17. The number of pyridine rings is 1. The van der Waals surface area contributed by atoms with E-state index in [0.29, 0.717) is 17.1 Å². The molecule has 3 aromatic carbocycles. The van der Waals surface area contributed by atoms with Gasteiger partial charge >= 0.3 is 0 Å². The van der Waals surface area contributed by atoms with Crippen LogP contribution in [-0.4, -0.2) is 28.0 Å². The summed E-state index contributed by atoms with van der Waals surface area (Å²) in [7, 11) is 0. The highest BCUT2D eigenvalue weighted by molar-refractivity contribution is 8.00. The minimum absolute atomic E-state index is 0.105. The van der Waals surface area contributed by atoms with Gasteiger partial charge in [-0.2, -0.15) is 0 Å². The van der Waals surface area contributed by atoms with Crippen LogP contribution in [0, 0.1) is 6.92 Å². The maximum Gasteiger partial charge on any atom is 0.272 e. The average Bonchev–Trinajstić information content (AvgIpc) is 2.95. The topological polar surface area (TPSA) is 100 Å². The van der Waals surface area contributed by atoms with Gasteiger partial charge in [0.25, 0.3) is 11.8 Å². The number of aromatic nitrogens is 1. The summed E-state index contributed by atoms with van der Waals surface area (Å²) < 4.78 is 0. The lowest BCUT2D eigenvalue weighted by Gasteiger charge is -2.14. The van der Waals surface area contributed by atoms with Crippen molar-refractivity contribution >= 4 is 47.1 Å². The van der Waals surface area contributed by atoms with E-state index in [9.17, 15) is 14.4 Å². The van der Waals surface area contributed by atoms with Crippen LogP contribution in [-0.2, 0) is 9.59 Å². The molecule has 0 aliphatic rings. The van der Waals surface area contributed by atoms with E-state index in [2.05, 4.69) is 20.9 Å². The largest absolute Gasteiger partial charge is 0.321 e. The fourth-order valence-corrected chi connectivity index (χ4v) is 4.47. The summed E-state index contributed by atoms with van der Waals surface area (Å²) in [5.74, 6) is -0.550. The molecule has 8 heteroatoms. The van der Waals surface area contributed by atoms with Crippen molar-refractivity contribution < 1.29 is 14.4 Å². The molecule has 0 bridgehead atoms. The predicted octanol–water partition coefficient (Wildman–Crippen LogP) is 5.92. The fourth-order valence-electron chi connectivity index (χ4n) is 3.54. The molecule has 0 saturated carbocycles. The molecule has 0 fully saturated rings. The van der Waals surface area contributed by atoms with Crippen molar-refractivity contribution in [2.45, 2.75) is 24.0 Å². The van der Waals surface area contributed by atoms with Gasteiger partial charge in [0.15, 0.2) is 0 Å². The van der Waals surface area contributed by atoms with Crippen molar-refractivity contribution in [3.8, 4) is 0 Å². The second-order valence-electron chi connectivity index (χ2n) is 8.74. The lowest BCUT2D eigenvalue weighted by molar-refractivity contribution is -0.115. The van der Waals surface area contributed by atoms with E-state index in [0.717, 1.165) is 16.0 Å². The first-order chi connectivity index (χ1) is 18.9. The van der Waals surface area contributed by atoms with Crippen LogP contribution in [0.1, 0.15) is 28.4 Å². The third-order valence-electron chi connectivity index (χ3n) is 5.61. The fraction of sp³-hybridized carbons (Fsp3) is 0.0968. The van der Waals surface area contributed by atoms with Crippen LogP contribution < -0.4 is 16.0 Å². The van der Waals surface area contributed by atoms with Gasteiger partial charge in [0.05, 0.1) is 5.25 Å². The number of benzene rings is 3. The van der Waals surface area contributed by atoms with E-state index in [1.807, 2.05) is 43.3 Å². The zero-order chi connectivity index (χ0) is 27.6. The first kappa shape index (κ1) is 27.3. The number of hydrogen-bond donors (Lipinski definition) is 3. The summed E-state index contributed by atoms with van der Waals surface area (Å²) in [6.45, 7) is 3.78. The highest BCUT2D eigenvalue weighted by atomic mass is 32.2. The predicted molar refractivity (Wildman–Crippen MR) is 156 cm³/mol. The van der Waals surface area contributed by atoms with Crippen LogP contribution in [0.25, 0.3) is 6.08 Å². The van der Waals surface area contributed by atoms with Gasteiger partial charge in [-0.1, -0.05) is 60.2 Å². The molecule has 1 aromatic heterocycles. The van der Waals surface area contributed by atoms with Gasteiger partial charge in [-0.15, -0.1) is 11.8 Å². The Morgan fingerprint density at radius 3 is 2.31 bits per heavy atom. The molecule has 7 nitrogen and oxygen atoms in total. The molecule has 0 saturated heterocycles. The van der Waals surface area contributed by atoms with Gasteiger partial charge in [-0.3, -0.25) is 14.4 Å². The van der Waals surface area contributed by atoms with E-state index >= 15 is 0 Å². The van der Waals surface area contributed by atoms with Gasteiger partial charge < -0.3 is 16.0 Å². The van der Waals surface area contributed by atoms with Gasteiger partial charge in [0, 0.05) is 22.3 Å². The Labute approximate surface area is 231 Å². The number of nitrogens with one attached hydrogen (secondary N) is 3. The number of thioether (sulfide) groups is 1. The second kappa shape index (κ2) is 13.2. The van der Waals surface area contributed by atoms with Gasteiger partial charge in [-0.05, 0) is 68.0 Å². The maximum absolute atomic E-state index is 13.3. The Morgan fingerprint density at radius 2 is 1.59 bits per heavy atom. The number of carbonyl (C=O) groups excluding carboxylic acids is 3. The Bertz CT molecular complexity index is 1470. The number of carbonyl (C=O) groups is 3. The zero-order valence-corrected chi connectivity index (χ0v) is 22.4. The zero-order valence-electron chi connectivity index (χ0n) is 21.5. The second-order valence-corrected chi connectivity index (χ2v) is 10.1. The first-order valence-corrected chi connectivity index (χ1v) is 13.2. The summed E-state index contributed by atoms with van der Waals surface area (Å²) in [6.07, 6.45) is 3.25. The smallest absolute Gasteiger partial charge is 0.272 e. The summed E-state index contributed by atoms with van der Waals surface area (Å²) >= 11 is 1.36. The molecule has 4 aromatic rings. The number of hydrogen-bond acceptors (Lipinski definition) is 5. The lowest BCUT2D eigenvalue weighted by Crippen LogP contribution is -2.30. The maximum atomic E-state index is 13.3. The van der Waals surface area contributed by atoms with E-state index in [-0.39, 0.29) is 17.5 Å². The third kappa shape index (κ3) is 8.15. The molecule has 0 spiro atoms. The number of anilines is 2. The molecule has 3 N–H and O–H groups in total. The van der Waals surface area contributed by atoms with Crippen molar-refractivity contribution in [1.82, 2.24) is 10.3 Å².